The zero-order valence-corrected chi connectivity index (χ0v) is 16.5. The maximum atomic E-state index is 6.54. The van der Waals surface area contributed by atoms with Crippen molar-refractivity contribution in [2.24, 2.45) is 0 Å². The van der Waals surface area contributed by atoms with Gasteiger partial charge >= 0.3 is 0 Å². The molecule has 0 aliphatic rings. The highest BCUT2D eigenvalue weighted by atomic mass is 35.5. The van der Waals surface area contributed by atoms with Crippen LogP contribution in [0.15, 0.2) is 72.9 Å². The predicted molar refractivity (Wildman–Crippen MR) is 117 cm³/mol. The van der Waals surface area contributed by atoms with Gasteiger partial charge in [-0.05, 0) is 37.3 Å². The Balaban J connectivity index is 1.94. The third-order valence-electron chi connectivity index (χ3n) is 4.85. The largest absolute Gasteiger partial charge is 0.255 e. The summed E-state index contributed by atoms with van der Waals surface area (Å²) in [4.78, 5) is 4.67. The first kappa shape index (κ1) is 17.2. The van der Waals surface area contributed by atoms with Gasteiger partial charge in [-0.25, -0.2) is 4.68 Å². The number of rotatable bonds is 2. The van der Waals surface area contributed by atoms with Crippen LogP contribution in [-0.4, -0.2) is 14.8 Å². The van der Waals surface area contributed by atoms with Gasteiger partial charge in [0.25, 0.3) is 0 Å². The molecule has 0 amide bonds. The number of hydrogen-bond donors (Lipinski definition) is 0. The molecule has 0 radical (unpaired) electrons. The highest BCUT2D eigenvalue weighted by Gasteiger charge is 2.18. The first-order valence-electron chi connectivity index (χ1n) is 8.91. The van der Waals surface area contributed by atoms with Crippen molar-refractivity contribution >= 4 is 45.0 Å². The number of nitrogens with zero attached hydrogens (tertiary/aromatic N) is 3. The Hall–Kier alpha value is -2.88. The van der Waals surface area contributed by atoms with Gasteiger partial charge in [-0.3, -0.25) is 4.98 Å². The highest BCUT2D eigenvalue weighted by Crippen LogP contribution is 2.35. The van der Waals surface area contributed by atoms with Crippen molar-refractivity contribution in [3.63, 3.8) is 0 Å². The minimum Gasteiger partial charge on any atom is -0.255 e. The number of halogens is 2. The van der Waals surface area contributed by atoms with Crippen LogP contribution in [0.3, 0.4) is 0 Å². The van der Waals surface area contributed by atoms with Gasteiger partial charge in [0.2, 0.25) is 0 Å². The van der Waals surface area contributed by atoms with E-state index in [1.807, 2.05) is 47.3 Å². The number of aryl methyl sites for hydroxylation is 1. The minimum absolute atomic E-state index is 0.550. The summed E-state index contributed by atoms with van der Waals surface area (Å²) in [5, 5.41) is 8.11. The van der Waals surface area contributed by atoms with Crippen LogP contribution < -0.4 is 0 Å². The van der Waals surface area contributed by atoms with Crippen molar-refractivity contribution in [3.8, 4) is 16.9 Å². The van der Waals surface area contributed by atoms with Crippen LogP contribution in [0.1, 0.15) is 5.56 Å². The lowest BCUT2D eigenvalue weighted by Gasteiger charge is -2.08. The van der Waals surface area contributed by atoms with E-state index in [9.17, 15) is 0 Å². The first-order valence-corrected chi connectivity index (χ1v) is 9.66. The second-order valence-electron chi connectivity index (χ2n) is 6.76. The quantitative estimate of drug-likeness (QED) is 0.322. The monoisotopic (exact) mass is 403 g/mol. The van der Waals surface area contributed by atoms with Gasteiger partial charge in [-0.2, -0.15) is 5.10 Å². The molecule has 0 aliphatic heterocycles. The van der Waals surface area contributed by atoms with E-state index in [0.29, 0.717) is 10.0 Å². The van der Waals surface area contributed by atoms with E-state index in [4.69, 9.17) is 28.3 Å². The van der Waals surface area contributed by atoms with Crippen LogP contribution >= 0.6 is 23.2 Å². The highest BCUT2D eigenvalue weighted by molar-refractivity contribution is 6.35. The second-order valence-corrected chi connectivity index (χ2v) is 7.61. The summed E-state index contributed by atoms with van der Waals surface area (Å²) in [6.07, 6.45) is 1.89. The van der Waals surface area contributed by atoms with E-state index >= 15 is 0 Å². The van der Waals surface area contributed by atoms with E-state index in [0.717, 1.165) is 44.3 Å². The summed E-state index contributed by atoms with van der Waals surface area (Å²) in [5.41, 5.74) is 5.76. The van der Waals surface area contributed by atoms with E-state index < -0.39 is 0 Å². The molecule has 0 atom stereocenters. The summed E-state index contributed by atoms with van der Waals surface area (Å²) >= 11 is 12.7. The van der Waals surface area contributed by atoms with Crippen molar-refractivity contribution < 1.29 is 0 Å². The van der Waals surface area contributed by atoms with Gasteiger partial charge in [-0.15, -0.1) is 0 Å². The Morgan fingerprint density at radius 1 is 0.857 bits per heavy atom. The predicted octanol–water partition coefficient (Wildman–Crippen LogP) is 6.86. The van der Waals surface area contributed by atoms with Crippen LogP contribution in [-0.2, 0) is 0 Å². The van der Waals surface area contributed by atoms with Crippen LogP contribution in [0.2, 0.25) is 10.0 Å². The fourth-order valence-electron chi connectivity index (χ4n) is 3.53. The van der Waals surface area contributed by atoms with Crippen molar-refractivity contribution in [1.29, 1.82) is 0 Å². The summed E-state index contributed by atoms with van der Waals surface area (Å²) in [7, 11) is 0. The van der Waals surface area contributed by atoms with Crippen molar-refractivity contribution in [3.05, 3.63) is 88.5 Å². The van der Waals surface area contributed by atoms with Gasteiger partial charge in [0, 0.05) is 27.6 Å². The van der Waals surface area contributed by atoms with Crippen molar-refractivity contribution in [1.82, 2.24) is 14.8 Å². The smallest absolute Gasteiger partial charge is 0.102 e. The molecule has 0 saturated carbocycles. The number of pyridine rings is 1. The summed E-state index contributed by atoms with van der Waals surface area (Å²) in [6, 6.07) is 21.8. The molecule has 2 heterocycles. The first-order chi connectivity index (χ1) is 13.6. The molecule has 5 heteroatoms. The van der Waals surface area contributed by atoms with Gasteiger partial charge in [0.15, 0.2) is 0 Å². The molecule has 0 N–H and O–H groups in total. The number of hydrogen-bond acceptors (Lipinski definition) is 2. The van der Waals surface area contributed by atoms with Crippen LogP contribution in [0.25, 0.3) is 38.8 Å². The number of fused-ring (bicyclic) bond motifs is 3. The normalized spacial score (nSPS) is 11.4. The van der Waals surface area contributed by atoms with Gasteiger partial charge < -0.3 is 0 Å². The second kappa shape index (κ2) is 6.62. The molecule has 28 heavy (non-hydrogen) atoms. The molecule has 5 rings (SSSR count). The molecule has 0 bridgehead atoms. The van der Waals surface area contributed by atoms with Crippen LogP contribution in [0, 0.1) is 6.92 Å². The lowest BCUT2D eigenvalue weighted by Crippen LogP contribution is -1.98. The maximum Gasteiger partial charge on any atom is 0.102 e. The lowest BCUT2D eigenvalue weighted by molar-refractivity contribution is 0.918. The molecule has 0 unspecified atom stereocenters. The Morgan fingerprint density at radius 2 is 1.68 bits per heavy atom. The van der Waals surface area contributed by atoms with E-state index in [-0.39, 0.29) is 0 Å². The Bertz CT molecular complexity index is 1340. The summed E-state index contributed by atoms with van der Waals surface area (Å²) in [5.74, 6) is 0. The molecule has 2 aromatic heterocycles. The molecule has 0 saturated heterocycles. The number of benzene rings is 3. The van der Waals surface area contributed by atoms with Crippen LogP contribution in [0.5, 0.6) is 0 Å². The molecular weight excluding hydrogens is 389 g/mol. The molecule has 0 aliphatic carbocycles. The van der Waals surface area contributed by atoms with E-state index in [2.05, 4.69) is 36.2 Å². The topological polar surface area (TPSA) is 30.7 Å². The maximum absolute atomic E-state index is 6.54. The molecule has 136 valence electrons. The van der Waals surface area contributed by atoms with Crippen molar-refractivity contribution in [2.45, 2.75) is 6.92 Å². The number of aromatic nitrogens is 3. The van der Waals surface area contributed by atoms with Crippen LogP contribution in [0.4, 0.5) is 0 Å². The lowest BCUT2D eigenvalue weighted by atomic mass is 10.1. The van der Waals surface area contributed by atoms with Gasteiger partial charge in [0.1, 0.15) is 5.69 Å². The van der Waals surface area contributed by atoms with Crippen molar-refractivity contribution in [2.75, 3.05) is 0 Å². The molecule has 3 aromatic carbocycles. The zero-order valence-electron chi connectivity index (χ0n) is 15.0. The minimum atomic E-state index is 0.550. The third-order valence-corrected chi connectivity index (χ3v) is 5.38. The summed E-state index contributed by atoms with van der Waals surface area (Å²) < 4.78 is 1.90. The zero-order chi connectivity index (χ0) is 19.3. The average molecular weight is 404 g/mol. The van der Waals surface area contributed by atoms with E-state index in [1.54, 1.807) is 6.07 Å². The Morgan fingerprint density at radius 3 is 2.46 bits per heavy atom. The fraction of sp³-hybridized carbons (Fsp3) is 0.0435. The van der Waals surface area contributed by atoms with Gasteiger partial charge in [-0.1, -0.05) is 65.2 Å². The Kier molecular flexibility index (Phi) is 4.08. The fourth-order valence-corrected chi connectivity index (χ4v) is 4.02. The molecule has 5 aromatic rings. The molecular formula is C23H15Cl2N3. The Labute approximate surface area is 172 Å². The third kappa shape index (κ3) is 2.75. The van der Waals surface area contributed by atoms with E-state index in [1.165, 1.54) is 0 Å². The summed E-state index contributed by atoms with van der Waals surface area (Å²) in [6.45, 7) is 2.08. The SMILES string of the molecule is Cc1ccc2ncc3c(-c4ccccc4)nn(-c4ccc(Cl)cc4Cl)c3c2c1. The molecule has 3 nitrogen and oxygen atoms in total. The standard InChI is InChI=1S/C23H15Cl2N3/c1-14-7-9-20-17(11-14)23-18(13-26-20)22(15-5-3-2-4-6-15)27-28(23)21-10-8-16(24)12-19(21)25/h2-13H,1H3. The molecule has 0 fully saturated rings. The van der Waals surface area contributed by atoms with Gasteiger partial charge in [0.05, 0.1) is 21.7 Å². The average Bonchev–Trinajstić information content (AvgIpc) is 3.08. The molecule has 0 spiro atoms.